The number of rotatable bonds is 4. The average Bonchev–Trinajstić information content (AvgIpc) is 2.81. The number of halogens is 1. The van der Waals surface area contributed by atoms with Crippen LogP contribution < -0.4 is 5.32 Å². The lowest BCUT2D eigenvalue weighted by Crippen LogP contribution is -2.39. The summed E-state index contributed by atoms with van der Waals surface area (Å²) >= 11 is 6.17. The molecule has 1 fully saturated rings. The zero-order valence-electron chi connectivity index (χ0n) is 12.4. The molecule has 0 heterocycles. The number of hydrogen-bond donors (Lipinski definition) is 1. The van der Waals surface area contributed by atoms with Crippen LogP contribution in [-0.4, -0.2) is 12.1 Å². The summed E-state index contributed by atoms with van der Waals surface area (Å²) in [7, 11) is 0. The van der Waals surface area contributed by atoms with Crippen LogP contribution in [0.2, 0.25) is 5.02 Å². The Kier molecular flexibility index (Phi) is 4.92. The summed E-state index contributed by atoms with van der Waals surface area (Å²) in [5.41, 5.74) is 1.58. The molecular weight excluding hydrogens is 254 g/mol. The van der Waals surface area contributed by atoms with Gasteiger partial charge in [0.25, 0.3) is 0 Å². The van der Waals surface area contributed by atoms with E-state index in [1.807, 2.05) is 6.07 Å². The fraction of sp³-hybridized carbons (Fsp3) is 0.647. The number of nitrogens with one attached hydrogen (secondary N) is 1. The van der Waals surface area contributed by atoms with Gasteiger partial charge in [-0.15, -0.1) is 0 Å². The van der Waals surface area contributed by atoms with E-state index in [9.17, 15) is 0 Å². The van der Waals surface area contributed by atoms with E-state index >= 15 is 0 Å². The van der Waals surface area contributed by atoms with Crippen molar-refractivity contribution in [2.75, 3.05) is 6.54 Å². The molecule has 0 aliphatic heterocycles. The van der Waals surface area contributed by atoms with E-state index in [-0.39, 0.29) is 5.54 Å². The molecule has 1 aromatic carbocycles. The normalized spacial score (nSPS) is 18.7. The Labute approximate surface area is 122 Å². The van der Waals surface area contributed by atoms with Crippen molar-refractivity contribution >= 4 is 11.6 Å². The topological polar surface area (TPSA) is 12.0 Å². The number of benzene rings is 1. The highest BCUT2D eigenvalue weighted by molar-refractivity contribution is 6.30. The average molecular weight is 280 g/mol. The molecule has 1 aliphatic rings. The summed E-state index contributed by atoms with van der Waals surface area (Å²) in [6, 6.07) is 8.43. The van der Waals surface area contributed by atoms with Crippen LogP contribution in [0.15, 0.2) is 24.3 Å². The lowest BCUT2D eigenvalue weighted by Gasteiger charge is -2.29. The SMILES string of the molecule is CC(C)(C)NCC(c1cccc(Cl)c1)C1CCCC1. The first-order valence-corrected chi connectivity index (χ1v) is 7.84. The lowest BCUT2D eigenvalue weighted by molar-refractivity contribution is 0.351. The molecule has 1 nitrogen and oxygen atoms in total. The van der Waals surface area contributed by atoms with Crippen LogP contribution in [0, 0.1) is 5.92 Å². The predicted octanol–water partition coefficient (Wildman–Crippen LogP) is 5.00. The molecule has 1 aliphatic carbocycles. The molecule has 19 heavy (non-hydrogen) atoms. The van der Waals surface area contributed by atoms with Crippen molar-refractivity contribution in [1.82, 2.24) is 5.32 Å². The van der Waals surface area contributed by atoms with Crippen LogP contribution in [0.1, 0.15) is 57.9 Å². The molecule has 1 saturated carbocycles. The van der Waals surface area contributed by atoms with Crippen LogP contribution in [0.25, 0.3) is 0 Å². The van der Waals surface area contributed by atoms with E-state index in [0.29, 0.717) is 5.92 Å². The molecule has 1 N–H and O–H groups in total. The van der Waals surface area contributed by atoms with Crippen LogP contribution in [0.4, 0.5) is 0 Å². The van der Waals surface area contributed by atoms with Gasteiger partial charge < -0.3 is 5.32 Å². The summed E-state index contributed by atoms with van der Waals surface area (Å²) in [4.78, 5) is 0. The van der Waals surface area contributed by atoms with Crippen LogP contribution in [0.5, 0.6) is 0 Å². The van der Waals surface area contributed by atoms with Gasteiger partial charge in [0, 0.05) is 17.1 Å². The smallest absolute Gasteiger partial charge is 0.0408 e. The van der Waals surface area contributed by atoms with Gasteiger partial charge in [0.2, 0.25) is 0 Å². The summed E-state index contributed by atoms with van der Waals surface area (Å²) in [5, 5.41) is 4.53. The van der Waals surface area contributed by atoms with Crippen molar-refractivity contribution in [3.8, 4) is 0 Å². The highest BCUT2D eigenvalue weighted by atomic mass is 35.5. The van der Waals surface area contributed by atoms with Crippen molar-refractivity contribution in [2.24, 2.45) is 5.92 Å². The third-order valence-electron chi connectivity index (χ3n) is 4.10. The minimum atomic E-state index is 0.176. The molecule has 106 valence electrons. The molecule has 0 amide bonds. The van der Waals surface area contributed by atoms with E-state index in [4.69, 9.17) is 11.6 Å². The highest BCUT2D eigenvalue weighted by Gasteiger charge is 2.27. The van der Waals surface area contributed by atoms with E-state index in [1.165, 1.54) is 31.2 Å². The van der Waals surface area contributed by atoms with Gasteiger partial charge in [-0.05, 0) is 63.1 Å². The summed E-state index contributed by atoms with van der Waals surface area (Å²) in [6.07, 6.45) is 5.50. The zero-order chi connectivity index (χ0) is 13.9. The van der Waals surface area contributed by atoms with Crippen LogP contribution in [0.3, 0.4) is 0 Å². The van der Waals surface area contributed by atoms with Crippen molar-refractivity contribution in [3.63, 3.8) is 0 Å². The Morgan fingerprint density at radius 2 is 1.95 bits per heavy atom. The second kappa shape index (κ2) is 6.28. The Balaban J connectivity index is 2.13. The van der Waals surface area contributed by atoms with Gasteiger partial charge in [0.1, 0.15) is 0 Å². The van der Waals surface area contributed by atoms with Gasteiger partial charge in [-0.2, -0.15) is 0 Å². The monoisotopic (exact) mass is 279 g/mol. The molecule has 1 aromatic rings. The fourth-order valence-corrected chi connectivity index (χ4v) is 3.27. The molecule has 1 atom stereocenters. The van der Waals surface area contributed by atoms with Gasteiger partial charge >= 0.3 is 0 Å². The number of hydrogen-bond acceptors (Lipinski definition) is 1. The molecular formula is C17H26ClN. The summed E-state index contributed by atoms with van der Waals surface area (Å²) < 4.78 is 0. The molecule has 2 rings (SSSR count). The van der Waals surface area contributed by atoms with Gasteiger partial charge in [-0.3, -0.25) is 0 Å². The quantitative estimate of drug-likeness (QED) is 0.818. The summed E-state index contributed by atoms with van der Waals surface area (Å²) in [6.45, 7) is 7.75. The van der Waals surface area contributed by atoms with E-state index in [0.717, 1.165) is 17.5 Å². The van der Waals surface area contributed by atoms with Gasteiger partial charge in [-0.25, -0.2) is 0 Å². The first-order chi connectivity index (χ1) is 8.96. The Morgan fingerprint density at radius 3 is 2.53 bits per heavy atom. The standard InChI is InChI=1S/C17H26ClN/c1-17(2,3)19-12-16(13-7-4-5-8-13)14-9-6-10-15(18)11-14/h6,9-11,13,16,19H,4-5,7-8,12H2,1-3H3. The Bertz CT molecular complexity index is 402. The van der Waals surface area contributed by atoms with E-state index in [1.54, 1.807) is 0 Å². The predicted molar refractivity (Wildman–Crippen MR) is 83.9 cm³/mol. The minimum absolute atomic E-state index is 0.176. The second-order valence-electron chi connectivity index (χ2n) is 6.84. The lowest BCUT2D eigenvalue weighted by atomic mass is 9.84. The van der Waals surface area contributed by atoms with Crippen LogP contribution >= 0.6 is 11.6 Å². The minimum Gasteiger partial charge on any atom is -0.311 e. The maximum Gasteiger partial charge on any atom is 0.0408 e. The second-order valence-corrected chi connectivity index (χ2v) is 7.27. The molecule has 0 bridgehead atoms. The maximum atomic E-state index is 6.17. The van der Waals surface area contributed by atoms with E-state index < -0.39 is 0 Å². The largest absolute Gasteiger partial charge is 0.311 e. The van der Waals surface area contributed by atoms with Gasteiger partial charge in [-0.1, -0.05) is 36.6 Å². The van der Waals surface area contributed by atoms with Crippen molar-refractivity contribution in [1.29, 1.82) is 0 Å². The van der Waals surface area contributed by atoms with Crippen LogP contribution in [-0.2, 0) is 0 Å². The van der Waals surface area contributed by atoms with Gasteiger partial charge in [0.05, 0.1) is 0 Å². The van der Waals surface area contributed by atoms with Gasteiger partial charge in [0.15, 0.2) is 0 Å². The van der Waals surface area contributed by atoms with Crippen molar-refractivity contribution in [3.05, 3.63) is 34.9 Å². The maximum absolute atomic E-state index is 6.17. The third-order valence-corrected chi connectivity index (χ3v) is 4.33. The van der Waals surface area contributed by atoms with Crippen molar-refractivity contribution in [2.45, 2.75) is 57.9 Å². The fourth-order valence-electron chi connectivity index (χ4n) is 3.07. The molecule has 0 saturated heterocycles. The molecule has 0 spiro atoms. The Hall–Kier alpha value is -0.530. The molecule has 0 aromatic heterocycles. The molecule has 1 unspecified atom stereocenters. The first-order valence-electron chi connectivity index (χ1n) is 7.46. The molecule has 0 radical (unpaired) electrons. The summed E-state index contributed by atoms with van der Waals surface area (Å²) in [5.74, 6) is 1.41. The molecule has 2 heteroatoms. The Morgan fingerprint density at radius 1 is 1.26 bits per heavy atom. The zero-order valence-corrected chi connectivity index (χ0v) is 13.1. The highest BCUT2D eigenvalue weighted by Crippen LogP contribution is 2.37. The third kappa shape index (κ3) is 4.50. The first kappa shape index (κ1) is 14.9. The van der Waals surface area contributed by atoms with Crippen molar-refractivity contribution < 1.29 is 0 Å². The van der Waals surface area contributed by atoms with E-state index in [2.05, 4.69) is 44.3 Å².